The molecule has 5 rings (SSSR count). The molecule has 1 aromatic heterocycles. The highest BCUT2D eigenvalue weighted by atomic mass is 35.5. The number of aryl methyl sites for hydroxylation is 1. The summed E-state index contributed by atoms with van der Waals surface area (Å²) in [5.74, 6) is 1.34. The number of Topliss-reactive ketones (excluding diaryl/α,β-unsaturated/α-hetero) is 1. The third-order valence-electron chi connectivity index (χ3n) is 5.90. The zero-order valence-electron chi connectivity index (χ0n) is 16.7. The van der Waals surface area contributed by atoms with Crippen LogP contribution in [-0.2, 0) is 4.79 Å². The van der Waals surface area contributed by atoms with E-state index in [0.717, 1.165) is 45.9 Å². The molecule has 0 saturated heterocycles. The minimum atomic E-state index is -0.378. The van der Waals surface area contributed by atoms with E-state index >= 15 is 0 Å². The van der Waals surface area contributed by atoms with Gasteiger partial charge in [-0.3, -0.25) is 4.79 Å². The van der Waals surface area contributed by atoms with E-state index in [9.17, 15) is 4.79 Å². The molecule has 30 heavy (non-hydrogen) atoms. The van der Waals surface area contributed by atoms with Crippen LogP contribution >= 0.6 is 23.2 Å². The first-order chi connectivity index (χ1) is 14.4. The molecule has 0 saturated carbocycles. The van der Waals surface area contributed by atoms with Crippen LogP contribution in [0.15, 0.2) is 59.8 Å². The number of nitrogens with zero attached hydrogens (tertiary/aromatic N) is 2. The lowest BCUT2D eigenvalue weighted by molar-refractivity contribution is -0.117. The maximum Gasteiger partial charge on any atom is 0.163 e. The lowest BCUT2D eigenvalue weighted by Gasteiger charge is -2.35. The average molecular weight is 438 g/mol. The molecule has 2 heterocycles. The summed E-state index contributed by atoms with van der Waals surface area (Å²) < 4.78 is 1.92. The van der Waals surface area contributed by atoms with Gasteiger partial charge in [0.25, 0.3) is 0 Å². The number of rotatable bonds is 2. The normalized spacial score (nSPS) is 20.6. The molecule has 1 aliphatic heterocycles. The smallest absolute Gasteiger partial charge is 0.163 e. The number of aromatic nitrogens is 2. The van der Waals surface area contributed by atoms with Crippen LogP contribution in [0.3, 0.4) is 0 Å². The number of anilines is 1. The van der Waals surface area contributed by atoms with Crippen LogP contribution in [0.1, 0.15) is 37.1 Å². The molecule has 2 unspecified atom stereocenters. The molecule has 0 amide bonds. The lowest BCUT2D eigenvalue weighted by atomic mass is 9.81. The number of hydrogen-bond acceptors (Lipinski definition) is 3. The van der Waals surface area contributed by atoms with Crippen molar-refractivity contribution in [2.24, 2.45) is 5.92 Å². The van der Waals surface area contributed by atoms with E-state index in [1.165, 1.54) is 0 Å². The van der Waals surface area contributed by atoms with Gasteiger partial charge in [0.2, 0.25) is 0 Å². The fourth-order valence-corrected chi connectivity index (χ4v) is 5.15. The van der Waals surface area contributed by atoms with Crippen LogP contribution in [0.5, 0.6) is 0 Å². The molecule has 2 aliphatic rings. The maximum atomic E-state index is 13.2. The van der Waals surface area contributed by atoms with Crippen molar-refractivity contribution in [2.75, 3.05) is 5.32 Å². The molecule has 2 atom stereocenters. The molecule has 0 radical (unpaired) electrons. The molecule has 1 aliphatic carbocycles. The van der Waals surface area contributed by atoms with Gasteiger partial charge in [-0.1, -0.05) is 66.5 Å². The van der Waals surface area contributed by atoms with Crippen LogP contribution in [0, 0.1) is 12.8 Å². The Kier molecular flexibility index (Phi) is 4.72. The minimum Gasteiger partial charge on any atom is -0.343 e. The maximum absolute atomic E-state index is 13.2. The highest BCUT2D eigenvalue weighted by molar-refractivity contribution is 6.35. The predicted octanol–water partition coefficient (Wildman–Crippen LogP) is 6.43. The van der Waals surface area contributed by atoms with Crippen LogP contribution in [-0.4, -0.2) is 15.6 Å². The molecule has 4 nitrogen and oxygen atoms in total. The third-order valence-corrected chi connectivity index (χ3v) is 6.47. The Hall–Kier alpha value is -2.56. The van der Waals surface area contributed by atoms with E-state index < -0.39 is 0 Å². The second-order valence-corrected chi connectivity index (χ2v) is 8.99. The lowest BCUT2D eigenvalue weighted by Crippen LogP contribution is -2.33. The Balaban J connectivity index is 1.77. The molecule has 6 heteroatoms. The van der Waals surface area contributed by atoms with Crippen LogP contribution < -0.4 is 5.32 Å². The number of ketones is 1. The number of allylic oxidation sites excluding steroid dienone is 2. The van der Waals surface area contributed by atoms with Gasteiger partial charge in [0.05, 0.1) is 5.69 Å². The highest BCUT2D eigenvalue weighted by Crippen LogP contribution is 2.47. The topological polar surface area (TPSA) is 46.9 Å². The Morgan fingerprint density at radius 2 is 1.87 bits per heavy atom. The Morgan fingerprint density at radius 1 is 1.10 bits per heavy atom. The van der Waals surface area contributed by atoms with E-state index in [1.807, 2.05) is 41.9 Å². The van der Waals surface area contributed by atoms with Crippen molar-refractivity contribution >= 4 is 34.8 Å². The van der Waals surface area contributed by atoms with Gasteiger partial charge in [0.15, 0.2) is 5.78 Å². The zero-order valence-corrected chi connectivity index (χ0v) is 18.3. The summed E-state index contributed by atoms with van der Waals surface area (Å²) in [7, 11) is 0. The average Bonchev–Trinajstić information content (AvgIpc) is 3.02. The Morgan fingerprint density at radius 3 is 2.60 bits per heavy atom. The van der Waals surface area contributed by atoms with E-state index in [0.29, 0.717) is 22.4 Å². The minimum absolute atomic E-state index is 0.146. The largest absolute Gasteiger partial charge is 0.343 e. The number of hydrogen-bond donors (Lipinski definition) is 1. The van der Waals surface area contributed by atoms with E-state index in [1.54, 1.807) is 6.07 Å². The number of nitrogens with one attached hydrogen (secondary N) is 1. The van der Waals surface area contributed by atoms with Crippen molar-refractivity contribution in [1.29, 1.82) is 0 Å². The SMILES string of the molecule is Cc1nn2c(c1-c1ccccc1)NC1=C(C(=O)CC(C)C1)C2c1ccc(Cl)cc1Cl. The molecule has 0 fully saturated rings. The second-order valence-electron chi connectivity index (χ2n) is 8.14. The zero-order chi connectivity index (χ0) is 21.0. The van der Waals surface area contributed by atoms with Gasteiger partial charge in [-0.25, -0.2) is 4.68 Å². The van der Waals surface area contributed by atoms with Gasteiger partial charge < -0.3 is 5.32 Å². The van der Waals surface area contributed by atoms with Gasteiger partial charge in [0.1, 0.15) is 11.9 Å². The Bertz CT molecular complexity index is 1200. The van der Waals surface area contributed by atoms with E-state index in [-0.39, 0.29) is 11.8 Å². The number of benzene rings is 2. The number of fused-ring (bicyclic) bond motifs is 1. The van der Waals surface area contributed by atoms with Crippen molar-refractivity contribution in [3.8, 4) is 11.1 Å². The molecule has 0 spiro atoms. The summed E-state index contributed by atoms with van der Waals surface area (Å²) >= 11 is 12.8. The molecule has 152 valence electrons. The second kappa shape index (κ2) is 7.29. The third kappa shape index (κ3) is 3.06. The quantitative estimate of drug-likeness (QED) is 0.501. The summed E-state index contributed by atoms with van der Waals surface area (Å²) in [6.07, 6.45) is 1.35. The molecule has 2 aromatic carbocycles. The first-order valence-corrected chi connectivity index (χ1v) is 10.8. The van der Waals surface area contributed by atoms with Crippen LogP contribution in [0.25, 0.3) is 11.1 Å². The standard InChI is InChI=1S/C24H21Cl2N3O/c1-13-10-19-22(20(30)11-13)23(17-9-8-16(25)12-18(17)26)29-24(27-19)21(14(2)28-29)15-6-4-3-5-7-15/h3-9,12-13,23,27H,10-11H2,1-2H3. The molecule has 1 N–H and O–H groups in total. The van der Waals surface area contributed by atoms with Crippen molar-refractivity contribution in [3.05, 3.63) is 81.1 Å². The summed E-state index contributed by atoms with van der Waals surface area (Å²) in [6, 6.07) is 15.3. The summed E-state index contributed by atoms with van der Waals surface area (Å²) in [6.45, 7) is 4.11. The summed E-state index contributed by atoms with van der Waals surface area (Å²) in [5.41, 5.74) is 5.60. The van der Waals surface area contributed by atoms with E-state index in [2.05, 4.69) is 24.4 Å². The van der Waals surface area contributed by atoms with Gasteiger partial charge in [-0.05, 0) is 37.0 Å². The predicted molar refractivity (Wildman–Crippen MR) is 121 cm³/mol. The number of carbonyl (C=O) groups excluding carboxylic acids is 1. The van der Waals surface area contributed by atoms with Gasteiger partial charge in [-0.2, -0.15) is 5.10 Å². The fourth-order valence-electron chi connectivity index (χ4n) is 4.64. The number of halogens is 2. The molecule has 3 aromatic rings. The Labute approximate surface area is 185 Å². The van der Waals surface area contributed by atoms with Gasteiger partial charge in [-0.15, -0.1) is 0 Å². The van der Waals surface area contributed by atoms with Crippen molar-refractivity contribution in [2.45, 2.75) is 32.7 Å². The van der Waals surface area contributed by atoms with Crippen LogP contribution in [0.4, 0.5) is 5.82 Å². The summed E-state index contributed by atoms with van der Waals surface area (Å²) in [4.78, 5) is 13.2. The first-order valence-electron chi connectivity index (χ1n) is 10.1. The highest BCUT2D eigenvalue weighted by Gasteiger charge is 2.39. The van der Waals surface area contributed by atoms with Crippen molar-refractivity contribution < 1.29 is 4.79 Å². The first kappa shape index (κ1) is 19.4. The van der Waals surface area contributed by atoms with Gasteiger partial charge in [0, 0.05) is 38.9 Å². The number of carbonyl (C=O) groups is 1. The van der Waals surface area contributed by atoms with E-state index in [4.69, 9.17) is 28.3 Å². The van der Waals surface area contributed by atoms with Crippen molar-refractivity contribution in [1.82, 2.24) is 9.78 Å². The molecule has 0 bridgehead atoms. The molecular formula is C24H21Cl2N3O. The summed E-state index contributed by atoms with van der Waals surface area (Å²) in [5, 5.41) is 9.54. The molecular weight excluding hydrogens is 417 g/mol. The van der Waals surface area contributed by atoms with Crippen LogP contribution in [0.2, 0.25) is 10.0 Å². The van der Waals surface area contributed by atoms with Gasteiger partial charge >= 0.3 is 0 Å². The monoisotopic (exact) mass is 437 g/mol. The van der Waals surface area contributed by atoms with Crippen molar-refractivity contribution in [3.63, 3.8) is 0 Å². The fraction of sp³-hybridized carbons (Fsp3) is 0.250.